The summed E-state index contributed by atoms with van der Waals surface area (Å²) >= 11 is 0. The average Bonchev–Trinajstić information content (AvgIpc) is 3.37. The van der Waals surface area contributed by atoms with Crippen LogP contribution in [-0.2, 0) is 0 Å². The van der Waals surface area contributed by atoms with Crippen molar-refractivity contribution in [2.45, 2.75) is 32.8 Å². The lowest BCUT2D eigenvalue weighted by molar-refractivity contribution is 0.0546. The van der Waals surface area contributed by atoms with Crippen LogP contribution in [0.25, 0.3) is 33.3 Å². The van der Waals surface area contributed by atoms with Gasteiger partial charge in [-0.15, -0.1) is 0 Å². The van der Waals surface area contributed by atoms with Gasteiger partial charge in [-0.25, -0.2) is 4.98 Å². The highest BCUT2D eigenvalue weighted by atomic mass is 16.3. The van der Waals surface area contributed by atoms with Gasteiger partial charge < -0.3 is 24.8 Å². The number of aliphatic hydroxyl groups is 1. The molecule has 0 aliphatic carbocycles. The van der Waals surface area contributed by atoms with Crippen molar-refractivity contribution in [3.05, 3.63) is 71.5 Å². The number of amides is 1. The second-order valence-electron chi connectivity index (χ2n) is 11.2. The molecule has 0 unspecified atom stereocenters. The zero-order valence-electron chi connectivity index (χ0n) is 23.1. The van der Waals surface area contributed by atoms with E-state index in [-0.39, 0.29) is 12.0 Å². The Labute approximate surface area is 230 Å². The molecule has 7 heteroatoms. The molecule has 4 aromatic rings. The molecule has 0 saturated carbocycles. The lowest BCUT2D eigenvalue weighted by Gasteiger charge is -2.36. The van der Waals surface area contributed by atoms with Crippen LogP contribution in [-0.4, -0.2) is 83.2 Å². The monoisotopic (exact) mass is 523 g/mol. The third-order valence-corrected chi connectivity index (χ3v) is 8.37. The van der Waals surface area contributed by atoms with Gasteiger partial charge in [-0.05, 0) is 86.3 Å². The van der Waals surface area contributed by atoms with Crippen LogP contribution in [0.15, 0.2) is 54.9 Å². The summed E-state index contributed by atoms with van der Waals surface area (Å²) in [6.45, 7) is 9.94. The van der Waals surface area contributed by atoms with Gasteiger partial charge in [0.15, 0.2) is 0 Å². The van der Waals surface area contributed by atoms with E-state index < -0.39 is 0 Å². The fraction of sp³-hybridized carbons (Fsp3) is 0.375. The summed E-state index contributed by atoms with van der Waals surface area (Å²) in [6, 6.07) is 14.6. The Morgan fingerprint density at radius 3 is 2.23 bits per heavy atom. The van der Waals surface area contributed by atoms with E-state index in [9.17, 15) is 9.90 Å². The maximum atomic E-state index is 12.9. The number of piperazine rings is 1. The van der Waals surface area contributed by atoms with E-state index in [1.54, 1.807) is 0 Å². The summed E-state index contributed by atoms with van der Waals surface area (Å²) in [5.74, 6) is 0.0297. The van der Waals surface area contributed by atoms with E-state index in [0.717, 1.165) is 53.9 Å². The third-order valence-electron chi connectivity index (χ3n) is 8.37. The molecule has 39 heavy (non-hydrogen) atoms. The van der Waals surface area contributed by atoms with E-state index in [4.69, 9.17) is 4.98 Å². The van der Waals surface area contributed by atoms with Crippen molar-refractivity contribution in [2.24, 2.45) is 0 Å². The molecule has 1 amide bonds. The molecule has 2 N–H and O–H groups in total. The quantitative estimate of drug-likeness (QED) is 0.400. The standard InChI is InChI=1S/C32H37N5O2/c1-21-16-25(17-22(2)30(21)36-14-12-35(3)13-15-36)26-18-28-29(20-34-31(28)33-19-26)23-4-6-24(7-5-23)32(39)37-10-8-27(38)9-11-37/h4-7,16-20,27,38H,8-15H2,1-3H3,(H,33,34). The van der Waals surface area contributed by atoms with E-state index in [0.29, 0.717) is 31.5 Å². The number of aliphatic hydroxyl groups excluding tert-OH is 1. The Kier molecular flexibility index (Phi) is 6.87. The van der Waals surface area contributed by atoms with Gasteiger partial charge in [-0.2, -0.15) is 0 Å². The number of rotatable bonds is 4. The van der Waals surface area contributed by atoms with Crippen molar-refractivity contribution < 1.29 is 9.90 Å². The number of aromatic nitrogens is 2. The van der Waals surface area contributed by atoms with Gasteiger partial charge in [-0.1, -0.05) is 12.1 Å². The van der Waals surface area contributed by atoms with Crippen LogP contribution < -0.4 is 4.90 Å². The first-order valence-corrected chi connectivity index (χ1v) is 14.0. The first-order valence-electron chi connectivity index (χ1n) is 14.0. The van der Waals surface area contributed by atoms with Gasteiger partial charge >= 0.3 is 0 Å². The number of aromatic amines is 1. The molecule has 6 rings (SSSR count). The molecule has 0 bridgehead atoms. The molecule has 0 spiro atoms. The van der Waals surface area contributed by atoms with Crippen LogP contribution in [0.3, 0.4) is 0 Å². The van der Waals surface area contributed by atoms with Crippen molar-refractivity contribution >= 4 is 22.6 Å². The summed E-state index contributed by atoms with van der Waals surface area (Å²) in [5.41, 5.74) is 9.88. The van der Waals surface area contributed by atoms with Crippen LogP contribution in [0.1, 0.15) is 34.3 Å². The third kappa shape index (κ3) is 5.04. The molecular formula is C32H37N5O2. The maximum absolute atomic E-state index is 12.9. The molecule has 7 nitrogen and oxygen atoms in total. The predicted molar refractivity (Wildman–Crippen MR) is 157 cm³/mol. The summed E-state index contributed by atoms with van der Waals surface area (Å²) in [7, 11) is 2.19. The van der Waals surface area contributed by atoms with E-state index in [2.05, 4.69) is 53.9 Å². The van der Waals surface area contributed by atoms with Crippen molar-refractivity contribution in [1.82, 2.24) is 19.8 Å². The number of piperidine rings is 1. The van der Waals surface area contributed by atoms with E-state index in [1.165, 1.54) is 22.4 Å². The van der Waals surface area contributed by atoms with Crippen LogP contribution >= 0.6 is 0 Å². The van der Waals surface area contributed by atoms with Crippen LogP contribution in [0, 0.1) is 13.8 Å². The van der Waals surface area contributed by atoms with Gasteiger partial charge in [-0.3, -0.25) is 4.79 Å². The van der Waals surface area contributed by atoms with Crippen molar-refractivity contribution in [2.75, 3.05) is 51.2 Å². The summed E-state index contributed by atoms with van der Waals surface area (Å²) in [6.07, 6.45) is 4.94. The first kappa shape index (κ1) is 25.6. The lowest BCUT2D eigenvalue weighted by Crippen LogP contribution is -2.45. The van der Waals surface area contributed by atoms with Gasteiger partial charge in [0.05, 0.1) is 6.10 Å². The Morgan fingerprint density at radius 1 is 0.897 bits per heavy atom. The minimum atomic E-state index is -0.292. The SMILES string of the molecule is Cc1cc(-c2cnc3[nH]cc(-c4ccc(C(=O)N5CCC(O)CC5)cc4)c3c2)cc(C)c1N1CCN(C)CC1. The Balaban J connectivity index is 1.27. The van der Waals surface area contributed by atoms with Crippen LogP contribution in [0.2, 0.25) is 0 Å². The van der Waals surface area contributed by atoms with Gasteiger partial charge in [0.2, 0.25) is 0 Å². The lowest BCUT2D eigenvalue weighted by atomic mass is 9.97. The molecule has 4 heterocycles. The molecule has 2 aliphatic rings. The molecule has 2 aromatic heterocycles. The Morgan fingerprint density at radius 2 is 1.56 bits per heavy atom. The summed E-state index contributed by atoms with van der Waals surface area (Å²) < 4.78 is 0. The highest BCUT2D eigenvalue weighted by Gasteiger charge is 2.23. The van der Waals surface area contributed by atoms with Crippen LogP contribution in [0.4, 0.5) is 5.69 Å². The smallest absolute Gasteiger partial charge is 0.253 e. The number of fused-ring (bicyclic) bond motifs is 1. The maximum Gasteiger partial charge on any atom is 0.253 e. The highest BCUT2D eigenvalue weighted by Crippen LogP contribution is 2.35. The number of likely N-dealkylation sites (tertiary alicyclic amines) is 1. The normalized spacial score (nSPS) is 17.2. The number of carbonyl (C=O) groups is 1. The Hall–Kier alpha value is -3.68. The second-order valence-corrected chi connectivity index (χ2v) is 11.2. The number of pyridine rings is 1. The highest BCUT2D eigenvalue weighted by molar-refractivity contribution is 5.98. The average molecular weight is 524 g/mol. The number of carbonyl (C=O) groups excluding carboxylic acids is 1. The Bertz CT molecular complexity index is 1470. The summed E-state index contributed by atoms with van der Waals surface area (Å²) in [5, 5.41) is 10.8. The van der Waals surface area contributed by atoms with E-state index >= 15 is 0 Å². The number of anilines is 1. The zero-order chi connectivity index (χ0) is 27.1. The minimum Gasteiger partial charge on any atom is -0.393 e. The first-order chi connectivity index (χ1) is 18.9. The van der Waals surface area contributed by atoms with Gasteiger partial charge in [0.1, 0.15) is 5.65 Å². The van der Waals surface area contributed by atoms with Crippen LogP contribution in [0.5, 0.6) is 0 Å². The topological polar surface area (TPSA) is 75.7 Å². The number of benzene rings is 2. The van der Waals surface area contributed by atoms with Crippen molar-refractivity contribution in [3.8, 4) is 22.3 Å². The molecule has 0 atom stereocenters. The molecule has 202 valence electrons. The molecular weight excluding hydrogens is 486 g/mol. The fourth-order valence-electron chi connectivity index (χ4n) is 6.10. The largest absolute Gasteiger partial charge is 0.393 e. The van der Waals surface area contributed by atoms with Crippen molar-refractivity contribution in [1.29, 1.82) is 0 Å². The number of H-pyrrole nitrogens is 1. The zero-order valence-corrected chi connectivity index (χ0v) is 23.1. The second kappa shape index (κ2) is 10.5. The number of nitrogens with one attached hydrogen (secondary N) is 1. The number of likely N-dealkylation sites (N-methyl/N-ethyl adjacent to an activating group) is 1. The fourth-order valence-corrected chi connectivity index (χ4v) is 6.10. The molecule has 2 fully saturated rings. The molecule has 0 radical (unpaired) electrons. The number of hydrogen-bond donors (Lipinski definition) is 2. The molecule has 2 aliphatic heterocycles. The number of aryl methyl sites for hydroxylation is 2. The number of nitrogens with zero attached hydrogens (tertiary/aromatic N) is 4. The predicted octanol–water partition coefficient (Wildman–Crippen LogP) is 4.86. The molecule has 2 saturated heterocycles. The molecule has 2 aromatic carbocycles. The van der Waals surface area contributed by atoms with Gasteiger partial charge in [0, 0.05) is 79.4 Å². The van der Waals surface area contributed by atoms with E-state index in [1.807, 2.05) is 41.6 Å². The van der Waals surface area contributed by atoms with Gasteiger partial charge in [0.25, 0.3) is 5.91 Å². The summed E-state index contributed by atoms with van der Waals surface area (Å²) in [4.78, 5) is 27.7. The minimum absolute atomic E-state index is 0.0297. The van der Waals surface area contributed by atoms with Crippen molar-refractivity contribution in [3.63, 3.8) is 0 Å². The number of hydrogen-bond acceptors (Lipinski definition) is 5.